The lowest BCUT2D eigenvalue weighted by Crippen LogP contribution is -2.27. The summed E-state index contributed by atoms with van der Waals surface area (Å²) >= 11 is 0. The number of halogens is 1. The second kappa shape index (κ2) is 8.14. The highest BCUT2D eigenvalue weighted by atomic mass is 19.1. The standard InChI is InChI=1S/C23H20FN5/c1-29(21-9-5-12-27-17-21)22-18(6-2-13-28-22)14-23(24,19-7-3-10-25-15-19)20-8-4-11-26-16-20/h2-13,15-17H,14H2,1H3. The molecule has 4 aromatic heterocycles. The van der Waals surface area contributed by atoms with Crippen molar-refractivity contribution >= 4 is 11.5 Å². The molecule has 144 valence electrons. The van der Waals surface area contributed by atoms with Crippen molar-refractivity contribution in [3.05, 3.63) is 109 Å². The summed E-state index contributed by atoms with van der Waals surface area (Å²) in [6, 6.07) is 14.5. The molecule has 0 saturated carbocycles. The summed E-state index contributed by atoms with van der Waals surface area (Å²) in [4.78, 5) is 18.9. The summed E-state index contributed by atoms with van der Waals surface area (Å²) < 4.78 is 16.6. The Balaban J connectivity index is 1.79. The molecule has 29 heavy (non-hydrogen) atoms. The Morgan fingerprint density at radius 2 is 1.38 bits per heavy atom. The Morgan fingerprint density at radius 1 is 0.793 bits per heavy atom. The number of hydrogen-bond acceptors (Lipinski definition) is 5. The molecule has 6 heteroatoms. The molecule has 0 aromatic carbocycles. The fraction of sp³-hybridized carbons (Fsp3) is 0.130. The lowest BCUT2D eigenvalue weighted by Gasteiger charge is -2.28. The zero-order chi connectivity index (χ0) is 20.1. The molecule has 0 saturated heterocycles. The third-order valence-electron chi connectivity index (χ3n) is 4.89. The monoisotopic (exact) mass is 385 g/mol. The number of alkyl halides is 1. The van der Waals surface area contributed by atoms with Crippen LogP contribution in [0.25, 0.3) is 0 Å². The summed E-state index contributed by atoms with van der Waals surface area (Å²) in [6.07, 6.45) is 11.7. The molecule has 0 N–H and O–H groups in total. The zero-order valence-corrected chi connectivity index (χ0v) is 16.0. The Hall–Kier alpha value is -3.67. The average Bonchev–Trinajstić information content (AvgIpc) is 2.80. The zero-order valence-electron chi connectivity index (χ0n) is 16.0. The molecular weight excluding hydrogens is 365 g/mol. The summed E-state index contributed by atoms with van der Waals surface area (Å²) in [5, 5.41) is 0. The summed E-state index contributed by atoms with van der Waals surface area (Å²) in [7, 11) is 1.90. The van der Waals surface area contributed by atoms with Gasteiger partial charge in [0.05, 0.1) is 11.9 Å². The lowest BCUT2D eigenvalue weighted by atomic mass is 9.84. The lowest BCUT2D eigenvalue weighted by molar-refractivity contribution is 0.220. The van der Waals surface area contributed by atoms with Crippen LogP contribution >= 0.6 is 0 Å². The van der Waals surface area contributed by atoms with E-state index in [1.807, 2.05) is 36.2 Å². The third kappa shape index (κ3) is 3.82. The van der Waals surface area contributed by atoms with E-state index in [-0.39, 0.29) is 6.42 Å². The predicted molar refractivity (Wildman–Crippen MR) is 111 cm³/mol. The highest BCUT2D eigenvalue weighted by Gasteiger charge is 2.36. The van der Waals surface area contributed by atoms with E-state index in [9.17, 15) is 0 Å². The first-order valence-electron chi connectivity index (χ1n) is 9.26. The van der Waals surface area contributed by atoms with Gasteiger partial charge in [-0.1, -0.05) is 18.2 Å². The molecule has 0 aliphatic carbocycles. The molecule has 0 atom stereocenters. The normalized spacial score (nSPS) is 11.2. The second-order valence-electron chi connectivity index (χ2n) is 6.72. The van der Waals surface area contributed by atoms with Crippen LogP contribution in [-0.4, -0.2) is 27.0 Å². The molecule has 0 unspecified atom stereocenters. The van der Waals surface area contributed by atoms with E-state index in [1.165, 1.54) is 0 Å². The van der Waals surface area contributed by atoms with Crippen LogP contribution in [0.3, 0.4) is 0 Å². The Morgan fingerprint density at radius 3 is 1.93 bits per heavy atom. The van der Waals surface area contributed by atoms with Gasteiger partial charge in [-0.25, -0.2) is 9.37 Å². The molecule has 0 aliphatic rings. The van der Waals surface area contributed by atoms with Gasteiger partial charge in [0.2, 0.25) is 0 Å². The fourth-order valence-corrected chi connectivity index (χ4v) is 3.37. The first-order valence-corrected chi connectivity index (χ1v) is 9.26. The number of nitrogens with zero attached hydrogens (tertiary/aromatic N) is 5. The topological polar surface area (TPSA) is 54.8 Å². The molecule has 4 aromatic rings. The van der Waals surface area contributed by atoms with E-state index in [0.29, 0.717) is 16.9 Å². The van der Waals surface area contributed by atoms with Crippen LogP contribution in [-0.2, 0) is 12.1 Å². The van der Waals surface area contributed by atoms with Crippen molar-refractivity contribution in [2.24, 2.45) is 0 Å². The minimum Gasteiger partial charge on any atom is -0.328 e. The van der Waals surface area contributed by atoms with Gasteiger partial charge in [-0.05, 0) is 35.9 Å². The molecule has 0 aliphatic heterocycles. The van der Waals surface area contributed by atoms with Crippen molar-refractivity contribution in [3.8, 4) is 0 Å². The largest absolute Gasteiger partial charge is 0.328 e. The number of rotatable bonds is 6. The van der Waals surface area contributed by atoms with E-state index in [2.05, 4.69) is 19.9 Å². The molecule has 4 heterocycles. The predicted octanol–water partition coefficient (Wildman–Crippen LogP) is 4.49. The highest BCUT2D eigenvalue weighted by Crippen LogP contribution is 2.39. The molecule has 0 amide bonds. The number of aromatic nitrogens is 4. The van der Waals surface area contributed by atoms with Gasteiger partial charge in [0.15, 0.2) is 5.67 Å². The van der Waals surface area contributed by atoms with Gasteiger partial charge in [0.25, 0.3) is 0 Å². The maximum atomic E-state index is 16.6. The Bertz CT molecular complexity index is 1020. The van der Waals surface area contributed by atoms with Gasteiger partial charge in [0.1, 0.15) is 5.82 Å². The third-order valence-corrected chi connectivity index (χ3v) is 4.89. The minimum atomic E-state index is -1.80. The smallest absolute Gasteiger partial charge is 0.168 e. The van der Waals surface area contributed by atoms with Crippen LogP contribution in [0.4, 0.5) is 15.9 Å². The van der Waals surface area contributed by atoms with Crippen molar-refractivity contribution in [3.63, 3.8) is 0 Å². The molecule has 4 rings (SSSR count). The molecule has 0 fully saturated rings. The van der Waals surface area contributed by atoms with Crippen molar-refractivity contribution in [2.75, 3.05) is 11.9 Å². The summed E-state index contributed by atoms with van der Waals surface area (Å²) in [5.41, 5.74) is 0.809. The van der Waals surface area contributed by atoms with Crippen LogP contribution in [0, 0.1) is 0 Å². The summed E-state index contributed by atoms with van der Waals surface area (Å²) in [6.45, 7) is 0. The van der Waals surface area contributed by atoms with Gasteiger partial charge in [0, 0.05) is 61.8 Å². The number of pyridine rings is 4. The van der Waals surface area contributed by atoms with E-state index >= 15 is 4.39 Å². The first kappa shape index (κ1) is 18.7. The highest BCUT2D eigenvalue weighted by molar-refractivity contribution is 5.61. The van der Waals surface area contributed by atoms with E-state index in [1.54, 1.807) is 67.6 Å². The second-order valence-corrected chi connectivity index (χ2v) is 6.72. The maximum absolute atomic E-state index is 16.6. The summed E-state index contributed by atoms with van der Waals surface area (Å²) in [5.74, 6) is 0.676. The molecular formula is C23H20FN5. The molecule has 0 spiro atoms. The Labute approximate surface area is 169 Å². The average molecular weight is 385 g/mol. The van der Waals surface area contributed by atoms with Gasteiger partial charge in [-0.2, -0.15) is 0 Å². The van der Waals surface area contributed by atoms with Crippen LogP contribution in [0.1, 0.15) is 16.7 Å². The number of anilines is 2. The SMILES string of the molecule is CN(c1cccnc1)c1ncccc1CC(F)(c1cccnc1)c1cccnc1. The van der Waals surface area contributed by atoms with Gasteiger partial charge >= 0.3 is 0 Å². The van der Waals surface area contributed by atoms with Gasteiger partial charge < -0.3 is 4.90 Å². The van der Waals surface area contributed by atoms with Crippen LogP contribution < -0.4 is 4.90 Å². The van der Waals surface area contributed by atoms with E-state index in [0.717, 1.165) is 11.3 Å². The van der Waals surface area contributed by atoms with E-state index in [4.69, 9.17) is 0 Å². The Kier molecular flexibility index (Phi) is 5.24. The van der Waals surface area contributed by atoms with Crippen molar-refractivity contribution in [2.45, 2.75) is 12.1 Å². The first-order chi connectivity index (χ1) is 14.2. The minimum absolute atomic E-state index is 0.0954. The quantitative estimate of drug-likeness (QED) is 0.489. The maximum Gasteiger partial charge on any atom is 0.168 e. The van der Waals surface area contributed by atoms with Crippen LogP contribution in [0.15, 0.2) is 91.9 Å². The van der Waals surface area contributed by atoms with Crippen LogP contribution in [0.5, 0.6) is 0 Å². The van der Waals surface area contributed by atoms with Crippen molar-refractivity contribution in [1.82, 2.24) is 19.9 Å². The van der Waals surface area contributed by atoms with E-state index < -0.39 is 5.67 Å². The fourth-order valence-electron chi connectivity index (χ4n) is 3.37. The van der Waals surface area contributed by atoms with Gasteiger partial charge in [-0.3, -0.25) is 15.0 Å². The van der Waals surface area contributed by atoms with Gasteiger partial charge in [-0.15, -0.1) is 0 Å². The van der Waals surface area contributed by atoms with Crippen LogP contribution in [0.2, 0.25) is 0 Å². The molecule has 0 radical (unpaired) electrons. The van der Waals surface area contributed by atoms with Crippen molar-refractivity contribution < 1.29 is 4.39 Å². The molecule has 0 bridgehead atoms. The molecule has 5 nitrogen and oxygen atoms in total. The number of hydrogen-bond donors (Lipinski definition) is 0. The van der Waals surface area contributed by atoms with Crippen molar-refractivity contribution in [1.29, 1.82) is 0 Å².